The Bertz CT molecular complexity index is 330. The van der Waals surface area contributed by atoms with Crippen LogP contribution in [0.5, 0.6) is 0 Å². The first-order valence-electron chi connectivity index (χ1n) is 5.66. The van der Waals surface area contributed by atoms with Gasteiger partial charge in [0.15, 0.2) is 0 Å². The highest BCUT2D eigenvalue weighted by Gasteiger charge is 2.23. The van der Waals surface area contributed by atoms with Crippen molar-refractivity contribution < 1.29 is 9.84 Å². The lowest BCUT2D eigenvalue weighted by molar-refractivity contribution is 0.0589. The number of aliphatic hydroxyl groups excluding tert-OH is 1. The number of nitrogens with one attached hydrogen (secondary N) is 1. The molecule has 0 aromatic rings. The predicted octanol–water partition coefficient (Wildman–Crippen LogP) is 0.789. The molecule has 0 aromatic carbocycles. The highest BCUT2D eigenvalue weighted by molar-refractivity contribution is 5.93. The van der Waals surface area contributed by atoms with E-state index in [4.69, 9.17) is 10.1 Å². The summed E-state index contributed by atoms with van der Waals surface area (Å²) in [6.45, 7) is 5.30. The Morgan fingerprint density at radius 2 is 2.19 bits per heavy atom. The molecule has 1 aliphatic carbocycles. The average Bonchev–Trinajstić information content (AvgIpc) is 2.31. The number of nitrogens with zero attached hydrogens (tertiary/aromatic N) is 1. The van der Waals surface area contributed by atoms with E-state index in [9.17, 15) is 5.11 Å². The van der Waals surface area contributed by atoms with E-state index >= 15 is 0 Å². The number of hydrogen-bond acceptors (Lipinski definition) is 4. The average molecular weight is 222 g/mol. The number of morpholine rings is 1. The van der Waals surface area contributed by atoms with Crippen LogP contribution in [0.25, 0.3) is 0 Å². The first-order chi connectivity index (χ1) is 7.68. The molecule has 0 radical (unpaired) electrons. The van der Waals surface area contributed by atoms with Gasteiger partial charge in [0.1, 0.15) is 6.10 Å². The molecule has 4 nitrogen and oxygen atoms in total. The zero-order chi connectivity index (χ0) is 11.5. The van der Waals surface area contributed by atoms with Crippen molar-refractivity contribution in [2.75, 3.05) is 26.3 Å². The molecule has 2 atom stereocenters. The van der Waals surface area contributed by atoms with Crippen LogP contribution in [0.15, 0.2) is 23.9 Å². The van der Waals surface area contributed by atoms with Crippen molar-refractivity contribution in [2.24, 2.45) is 5.92 Å². The number of hydrogen-bond donors (Lipinski definition) is 2. The van der Waals surface area contributed by atoms with E-state index in [2.05, 4.69) is 11.1 Å². The summed E-state index contributed by atoms with van der Waals surface area (Å²) in [6, 6.07) is 0. The Hall–Kier alpha value is -1.13. The maximum atomic E-state index is 9.50. The third-order valence-electron chi connectivity index (χ3n) is 3.13. The van der Waals surface area contributed by atoms with Gasteiger partial charge in [0.05, 0.1) is 13.2 Å². The molecule has 16 heavy (non-hydrogen) atoms. The lowest BCUT2D eigenvalue weighted by Crippen LogP contribution is -2.34. The van der Waals surface area contributed by atoms with Crippen LogP contribution in [-0.2, 0) is 4.74 Å². The fourth-order valence-electron chi connectivity index (χ4n) is 1.96. The molecule has 0 saturated carbocycles. The van der Waals surface area contributed by atoms with E-state index in [-0.39, 0.29) is 5.92 Å². The van der Waals surface area contributed by atoms with Gasteiger partial charge in [-0.1, -0.05) is 19.1 Å². The standard InChI is InChI=1S/C12H18N2O2/c1-9-10(2-3-11(15)12(9)13)8-14-4-6-16-7-5-14/h2-3,8-9,11,13,15H,4-7H2,1H3. The van der Waals surface area contributed by atoms with Gasteiger partial charge in [-0.25, -0.2) is 0 Å². The van der Waals surface area contributed by atoms with Crippen LogP contribution in [0, 0.1) is 11.3 Å². The van der Waals surface area contributed by atoms with Gasteiger partial charge in [-0.2, -0.15) is 0 Å². The van der Waals surface area contributed by atoms with Gasteiger partial charge in [0, 0.05) is 30.9 Å². The molecule has 4 heteroatoms. The highest BCUT2D eigenvalue weighted by atomic mass is 16.5. The molecule has 0 amide bonds. The normalized spacial score (nSPS) is 33.5. The lowest BCUT2D eigenvalue weighted by atomic mass is 9.88. The van der Waals surface area contributed by atoms with Crippen molar-refractivity contribution in [3.63, 3.8) is 0 Å². The van der Waals surface area contributed by atoms with Gasteiger partial charge >= 0.3 is 0 Å². The van der Waals surface area contributed by atoms with E-state index in [1.165, 1.54) is 0 Å². The Kier molecular flexibility index (Phi) is 3.41. The number of ether oxygens (including phenoxy) is 1. The second kappa shape index (κ2) is 4.80. The SMILES string of the molecule is CC1C(=N)C(O)C=CC1=CN1CCOCC1. The molecule has 88 valence electrons. The summed E-state index contributed by atoms with van der Waals surface area (Å²) in [5.74, 6) is 0.00263. The Morgan fingerprint density at radius 3 is 2.88 bits per heavy atom. The maximum absolute atomic E-state index is 9.50. The van der Waals surface area contributed by atoms with Crippen LogP contribution in [0.4, 0.5) is 0 Å². The Labute approximate surface area is 95.7 Å². The van der Waals surface area contributed by atoms with Gasteiger partial charge in [0.2, 0.25) is 0 Å². The Balaban J connectivity index is 2.10. The van der Waals surface area contributed by atoms with Crippen molar-refractivity contribution in [1.29, 1.82) is 5.41 Å². The highest BCUT2D eigenvalue weighted by Crippen LogP contribution is 2.21. The minimum absolute atomic E-state index is 0.00263. The number of allylic oxidation sites excluding steroid dienone is 2. The van der Waals surface area contributed by atoms with Gasteiger partial charge < -0.3 is 20.2 Å². The van der Waals surface area contributed by atoms with Crippen molar-refractivity contribution in [1.82, 2.24) is 4.90 Å². The molecule has 1 aliphatic heterocycles. The van der Waals surface area contributed by atoms with E-state index in [0.29, 0.717) is 5.71 Å². The quantitative estimate of drug-likeness (QED) is 0.689. The molecular formula is C12H18N2O2. The van der Waals surface area contributed by atoms with Crippen molar-refractivity contribution in [2.45, 2.75) is 13.0 Å². The van der Waals surface area contributed by atoms with Crippen molar-refractivity contribution >= 4 is 5.71 Å². The van der Waals surface area contributed by atoms with E-state index in [1.54, 1.807) is 6.08 Å². The largest absolute Gasteiger partial charge is 0.383 e. The third kappa shape index (κ3) is 2.33. The lowest BCUT2D eigenvalue weighted by Gasteiger charge is -2.29. The smallest absolute Gasteiger partial charge is 0.110 e. The van der Waals surface area contributed by atoms with Gasteiger partial charge in [0.25, 0.3) is 0 Å². The molecule has 0 aromatic heterocycles. The molecule has 2 N–H and O–H groups in total. The fraction of sp³-hybridized carbons (Fsp3) is 0.583. The summed E-state index contributed by atoms with van der Waals surface area (Å²) in [5.41, 5.74) is 1.47. The fourth-order valence-corrected chi connectivity index (χ4v) is 1.96. The predicted molar refractivity (Wildman–Crippen MR) is 62.5 cm³/mol. The molecule has 1 heterocycles. The van der Waals surface area contributed by atoms with Gasteiger partial charge in [-0.05, 0) is 5.57 Å². The molecular weight excluding hydrogens is 204 g/mol. The molecule has 0 bridgehead atoms. The van der Waals surface area contributed by atoms with Crippen LogP contribution in [0.3, 0.4) is 0 Å². The van der Waals surface area contributed by atoms with Crippen LogP contribution in [-0.4, -0.2) is 48.1 Å². The molecule has 0 spiro atoms. The summed E-state index contributed by atoms with van der Waals surface area (Å²) in [6.07, 6.45) is 4.97. The molecule has 2 unspecified atom stereocenters. The number of rotatable bonds is 1. The maximum Gasteiger partial charge on any atom is 0.110 e. The zero-order valence-electron chi connectivity index (χ0n) is 9.52. The molecule has 1 fully saturated rings. The van der Waals surface area contributed by atoms with Gasteiger partial charge in [-0.3, -0.25) is 0 Å². The van der Waals surface area contributed by atoms with Crippen LogP contribution in [0.1, 0.15) is 6.92 Å². The topological polar surface area (TPSA) is 56.5 Å². The first-order valence-corrected chi connectivity index (χ1v) is 5.66. The second-order valence-electron chi connectivity index (χ2n) is 4.26. The summed E-state index contributed by atoms with van der Waals surface area (Å²) in [5, 5.41) is 17.3. The molecule has 2 aliphatic rings. The van der Waals surface area contributed by atoms with E-state index < -0.39 is 6.10 Å². The number of aliphatic hydroxyl groups is 1. The van der Waals surface area contributed by atoms with Crippen molar-refractivity contribution in [3.05, 3.63) is 23.9 Å². The van der Waals surface area contributed by atoms with Gasteiger partial charge in [-0.15, -0.1) is 0 Å². The van der Waals surface area contributed by atoms with E-state index in [1.807, 2.05) is 13.0 Å². The van der Waals surface area contributed by atoms with Crippen LogP contribution >= 0.6 is 0 Å². The first kappa shape index (κ1) is 11.4. The summed E-state index contributed by atoms with van der Waals surface area (Å²) in [7, 11) is 0. The zero-order valence-corrected chi connectivity index (χ0v) is 9.52. The van der Waals surface area contributed by atoms with E-state index in [0.717, 1.165) is 31.9 Å². The second-order valence-corrected chi connectivity index (χ2v) is 4.26. The summed E-state index contributed by atoms with van der Waals surface area (Å²) in [4.78, 5) is 2.21. The molecule has 2 rings (SSSR count). The van der Waals surface area contributed by atoms with Crippen molar-refractivity contribution in [3.8, 4) is 0 Å². The molecule has 1 saturated heterocycles. The monoisotopic (exact) mass is 222 g/mol. The summed E-state index contributed by atoms with van der Waals surface area (Å²) >= 11 is 0. The minimum atomic E-state index is -0.711. The van der Waals surface area contributed by atoms with Crippen LogP contribution < -0.4 is 0 Å². The minimum Gasteiger partial charge on any atom is -0.383 e. The van der Waals surface area contributed by atoms with Crippen LogP contribution in [0.2, 0.25) is 0 Å². The Morgan fingerprint density at radius 1 is 1.50 bits per heavy atom. The third-order valence-corrected chi connectivity index (χ3v) is 3.13. The summed E-state index contributed by atoms with van der Waals surface area (Å²) < 4.78 is 5.28.